The molecule has 14 nitrogen and oxygen atoms in total. The fourth-order valence-electron chi connectivity index (χ4n) is 8.80. The molecule has 18 heteroatoms. The predicted octanol–water partition coefficient (Wildman–Crippen LogP) is 9.57. The molecule has 2 fully saturated rings. The number of hydrogen-bond acceptors (Lipinski definition) is 10. The topological polar surface area (TPSA) is 159 Å². The summed E-state index contributed by atoms with van der Waals surface area (Å²) in [5, 5.41) is 15.6. The number of carbonyl (C=O) groups excluding carboxylic acids is 2. The Kier molecular flexibility index (Phi) is 21.7. The number of aliphatic carboxylic acids is 2. The van der Waals surface area contributed by atoms with Gasteiger partial charge in [-0.25, -0.2) is 27.2 Å². The van der Waals surface area contributed by atoms with Crippen molar-refractivity contribution in [2.45, 2.75) is 12.1 Å². The zero-order chi connectivity index (χ0) is 56.1. The fraction of sp³-hybridized carbons (Fsp3) is 0.233. The van der Waals surface area contributed by atoms with E-state index >= 15 is 0 Å². The average molecular weight is 1070 g/mol. The van der Waals surface area contributed by atoms with Crippen LogP contribution < -0.4 is 18.9 Å². The second-order valence-electron chi connectivity index (χ2n) is 17.6. The van der Waals surface area contributed by atoms with Gasteiger partial charge in [-0.05, 0) is 107 Å². The zero-order valence-corrected chi connectivity index (χ0v) is 43.4. The van der Waals surface area contributed by atoms with Crippen molar-refractivity contribution >= 4 is 35.9 Å². The van der Waals surface area contributed by atoms with Crippen molar-refractivity contribution in [2.24, 2.45) is 0 Å². The highest BCUT2D eigenvalue weighted by atomic mass is 19.1. The molecule has 0 bridgehead atoms. The molecule has 0 saturated carbocycles. The number of amides is 2. The summed E-state index contributed by atoms with van der Waals surface area (Å²) in [7, 11) is 6.33. The van der Waals surface area contributed by atoms with Crippen molar-refractivity contribution in [3.05, 3.63) is 214 Å². The van der Waals surface area contributed by atoms with E-state index in [0.717, 1.165) is 33.4 Å². The van der Waals surface area contributed by atoms with E-state index in [0.29, 0.717) is 87.5 Å². The Bertz CT molecular complexity index is 2740. The van der Waals surface area contributed by atoms with Crippen LogP contribution in [0.5, 0.6) is 23.0 Å². The summed E-state index contributed by atoms with van der Waals surface area (Å²) in [5.74, 6) is -1.28. The van der Waals surface area contributed by atoms with Crippen molar-refractivity contribution in [1.82, 2.24) is 19.6 Å². The molecule has 0 radical (unpaired) electrons. The number of ether oxygens (including phenoxy) is 4. The van der Waals surface area contributed by atoms with E-state index in [-0.39, 0.29) is 47.2 Å². The molecule has 2 heterocycles. The summed E-state index contributed by atoms with van der Waals surface area (Å²) >= 11 is 0. The Morgan fingerprint density at radius 3 is 0.936 bits per heavy atom. The number of carboxylic acid groups (broad SMARTS) is 2. The minimum atomic E-state index is -1.26. The maximum Gasteiger partial charge on any atom is 0.328 e. The summed E-state index contributed by atoms with van der Waals surface area (Å²) in [6.07, 6.45) is 7.71. The second kappa shape index (κ2) is 29.0. The Morgan fingerprint density at radius 2 is 0.692 bits per heavy atom. The number of halogens is 4. The van der Waals surface area contributed by atoms with Crippen molar-refractivity contribution in [3.63, 3.8) is 0 Å². The molecule has 2 aliphatic rings. The molecule has 6 aromatic carbocycles. The van der Waals surface area contributed by atoms with Gasteiger partial charge in [0.05, 0.1) is 40.5 Å². The highest BCUT2D eigenvalue weighted by Crippen LogP contribution is 2.33. The molecule has 408 valence electrons. The lowest BCUT2D eigenvalue weighted by molar-refractivity contribution is -0.134. The Labute approximate surface area is 450 Å². The third-order valence-electron chi connectivity index (χ3n) is 12.8. The summed E-state index contributed by atoms with van der Waals surface area (Å²) in [4.78, 5) is 52.9. The highest BCUT2D eigenvalue weighted by molar-refractivity contribution is 5.93. The number of nitrogens with zero attached hydrogens (tertiary/aromatic N) is 4. The van der Waals surface area contributed by atoms with E-state index in [4.69, 9.17) is 29.2 Å². The Balaban J connectivity index is 0.000000221. The molecule has 2 N–H and O–H groups in total. The van der Waals surface area contributed by atoms with Crippen molar-refractivity contribution in [3.8, 4) is 23.0 Å². The molecule has 0 atom stereocenters. The first-order valence-electron chi connectivity index (χ1n) is 24.6. The zero-order valence-electron chi connectivity index (χ0n) is 43.4. The number of carbonyl (C=O) groups is 4. The van der Waals surface area contributed by atoms with Crippen LogP contribution in [0.25, 0.3) is 12.2 Å². The molecule has 0 spiro atoms. The van der Waals surface area contributed by atoms with Crippen LogP contribution in [0.4, 0.5) is 17.6 Å². The standard InChI is InChI=1S/2C28H28F2N2O3.C4H4O4/c2*1-34-25-13-7-20(26(19-25)35-2)8-14-27(33)31-15-17-32(18-16-31)28(21-3-9-23(29)10-4-21)22-5-11-24(30)12-6-22;5-3(6)1-2-4(7)8/h2*3-14,19,28H,15-18H2,1-2H3;1-2H,(H,5,6)(H,7,8)/b;;2-1+. The van der Waals surface area contributed by atoms with Crippen LogP contribution in [0.15, 0.2) is 158 Å². The first-order chi connectivity index (χ1) is 37.6. The fourth-order valence-corrected chi connectivity index (χ4v) is 8.80. The van der Waals surface area contributed by atoms with E-state index in [1.165, 1.54) is 48.5 Å². The molecule has 0 aliphatic carbocycles. The lowest BCUT2D eigenvalue weighted by atomic mass is 9.96. The Morgan fingerprint density at radius 1 is 0.410 bits per heavy atom. The molecule has 0 unspecified atom stereocenters. The van der Waals surface area contributed by atoms with Gasteiger partial charge in [-0.15, -0.1) is 0 Å². The lowest BCUT2D eigenvalue weighted by Gasteiger charge is -2.39. The third kappa shape index (κ3) is 16.9. The largest absolute Gasteiger partial charge is 0.497 e. The van der Waals surface area contributed by atoms with Gasteiger partial charge < -0.3 is 39.0 Å². The van der Waals surface area contributed by atoms with Crippen LogP contribution in [0, 0.1) is 23.3 Å². The van der Waals surface area contributed by atoms with Crippen LogP contribution >= 0.6 is 0 Å². The Hall–Kier alpha value is -8.74. The first-order valence-corrected chi connectivity index (χ1v) is 24.6. The summed E-state index contributed by atoms with van der Waals surface area (Å²) in [6.45, 7) is 4.69. The van der Waals surface area contributed by atoms with Crippen LogP contribution in [0.3, 0.4) is 0 Å². The summed E-state index contributed by atoms with van der Waals surface area (Å²) in [5.41, 5.74) is 5.25. The van der Waals surface area contributed by atoms with Crippen LogP contribution in [0.2, 0.25) is 0 Å². The minimum absolute atomic E-state index is 0.0809. The maximum atomic E-state index is 13.5. The van der Waals surface area contributed by atoms with Gasteiger partial charge in [0.25, 0.3) is 0 Å². The number of carboxylic acids is 2. The summed E-state index contributed by atoms with van der Waals surface area (Å²) in [6, 6.07) is 36.1. The molecule has 0 aromatic heterocycles. The number of rotatable bonds is 16. The maximum absolute atomic E-state index is 13.5. The quantitative estimate of drug-likeness (QED) is 0.0700. The van der Waals surface area contributed by atoms with Gasteiger partial charge in [0.2, 0.25) is 11.8 Å². The number of methoxy groups -OCH3 is 4. The molecule has 78 heavy (non-hydrogen) atoms. The highest BCUT2D eigenvalue weighted by Gasteiger charge is 2.29. The van der Waals surface area contributed by atoms with Gasteiger partial charge in [0, 0.05) is 99.9 Å². The monoisotopic (exact) mass is 1070 g/mol. The van der Waals surface area contributed by atoms with Crippen molar-refractivity contribution < 1.29 is 65.9 Å². The second-order valence-corrected chi connectivity index (χ2v) is 17.6. The van der Waals surface area contributed by atoms with Crippen LogP contribution in [-0.4, -0.2) is 134 Å². The third-order valence-corrected chi connectivity index (χ3v) is 12.8. The van der Waals surface area contributed by atoms with E-state index < -0.39 is 11.9 Å². The van der Waals surface area contributed by atoms with Gasteiger partial charge >= 0.3 is 11.9 Å². The summed E-state index contributed by atoms with van der Waals surface area (Å²) < 4.78 is 75.4. The van der Waals surface area contributed by atoms with E-state index in [9.17, 15) is 36.7 Å². The van der Waals surface area contributed by atoms with Gasteiger partial charge in [0.1, 0.15) is 46.3 Å². The number of hydrogen-bond donors (Lipinski definition) is 2. The first kappa shape index (κ1) is 58.5. The van der Waals surface area contributed by atoms with Gasteiger partial charge in [-0.3, -0.25) is 19.4 Å². The minimum Gasteiger partial charge on any atom is -0.497 e. The van der Waals surface area contributed by atoms with E-state index in [1.54, 1.807) is 123 Å². The molecule has 2 saturated heterocycles. The molecular weight excluding hydrogens is 1010 g/mol. The van der Waals surface area contributed by atoms with Crippen LogP contribution in [0.1, 0.15) is 45.5 Å². The number of benzene rings is 6. The van der Waals surface area contributed by atoms with E-state index in [2.05, 4.69) is 9.80 Å². The van der Waals surface area contributed by atoms with Crippen molar-refractivity contribution in [2.75, 3.05) is 80.8 Å². The average Bonchev–Trinajstić information content (AvgIpc) is 3.51. The molecule has 2 aliphatic heterocycles. The van der Waals surface area contributed by atoms with Crippen LogP contribution in [-0.2, 0) is 19.2 Å². The molecule has 8 rings (SSSR count). The van der Waals surface area contributed by atoms with Gasteiger partial charge in [0.15, 0.2) is 0 Å². The molecule has 2 amide bonds. The normalized spacial score (nSPS) is 14.0. The van der Waals surface area contributed by atoms with Gasteiger partial charge in [-0.2, -0.15) is 0 Å². The SMILES string of the molecule is COc1ccc(C=CC(=O)N2CCN(C(c3ccc(F)cc3)c3ccc(F)cc3)CC2)c(OC)c1.COc1ccc(C=CC(=O)N2CCN(C(c3ccc(F)cc3)c3ccc(F)cc3)CC2)c(OC)c1.O=C(O)/C=C/C(=O)O. The van der Waals surface area contributed by atoms with Gasteiger partial charge in [-0.1, -0.05) is 48.5 Å². The van der Waals surface area contributed by atoms with E-state index in [1.807, 2.05) is 24.3 Å². The number of piperazine rings is 2. The molecule has 6 aromatic rings. The predicted molar refractivity (Wildman–Crippen MR) is 287 cm³/mol. The molecular formula is C60H60F4N4O10. The lowest BCUT2D eigenvalue weighted by Crippen LogP contribution is -2.49. The van der Waals surface area contributed by atoms with Crippen molar-refractivity contribution in [1.29, 1.82) is 0 Å². The smallest absolute Gasteiger partial charge is 0.328 e.